The van der Waals surface area contributed by atoms with E-state index >= 15 is 0 Å². The van der Waals surface area contributed by atoms with Crippen LogP contribution in [0.3, 0.4) is 0 Å². The average Bonchev–Trinajstić information content (AvgIpc) is 2.07. The zero-order chi connectivity index (χ0) is 10.7. The highest BCUT2D eigenvalue weighted by molar-refractivity contribution is 5.90. The molecular formula is C9H12N2O3. The summed E-state index contributed by atoms with van der Waals surface area (Å²) in [5, 5.41) is 11.3. The van der Waals surface area contributed by atoms with Gasteiger partial charge in [0.1, 0.15) is 5.82 Å². The van der Waals surface area contributed by atoms with Crippen molar-refractivity contribution in [2.45, 2.75) is 6.92 Å². The molecule has 0 fully saturated rings. The predicted molar refractivity (Wildman–Crippen MR) is 50.2 cm³/mol. The average molecular weight is 196 g/mol. The Morgan fingerprint density at radius 2 is 2.21 bits per heavy atom. The van der Waals surface area contributed by atoms with Crippen LogP contribution in [0.4, 0.5) is 0 Å². The van der Waals surface area contributed by atoms with Gasteiger partial charge in [0.15, 0.2) is 0 Å². The van der Waals surface area contributed by atoms with Crippen molar-refractivity contribution >= 4 is 11.9 Å². The molecule has 0 aliphatic carbocycles. The number of carboxylic acids is 1. The third kappa shape index (κ3) is 2.35. The molecule has 0 saturated heterocycles. The third-order valence-electron chi connectivity index (χ3n) is 1.84. The first-order valence-corrected chi connectivity index (χ1v) is 4.14. The molecule has 1 amide bonds. The maximum atomic E-state index is 10.8. The fraction of sp³-hybridized carbons (Fsp3) is 0.333. The minimum absolute atomic E-state index is 0.201. The monoisotopic (exact) mass is 196 g/mol. The van der Waals surface area contributed by atoms with Crippen LogP contribution in [0.2, 0.25) is 0 Å². The number of nitrogens with zero attached hydrogens (tertiary/aromatic N) is 1. The van der Waals surface area contributed by atoms with Crippen LogP contribution in [0.5, 0.6) is 0 Å². The molecule has 1 aliphatic rings. The first-order chi connectivity index (χ1) is 6.50. The lowest BCUT2D eigenvalue weighted by Gasteiger charge is -2.24. The number of aliphatic carboxylic acids is 1. The van der Waals surface area contributed by atoms with Crippen LogP contribution >= 0.6 is 0 Å². The summed E-state index contributed by atoms with van der Waals surface area (Å²) in [6.07, 6.45) is 3.03. The first kappa shape index (κ1) is 10.3. The molecule has 5 nitrogen and oxygen atoms in total. The SMILES string of the molecule is CC(=O)NC1=CC(C(=O)O)=CCN1C. The number of rotatable bonds is 2. The van der Waals surface area contributed by atoms with Crippen LogP contribution in [0, 0.1) is 0 Å². The lowest BCUT2D eigenvalue weighted by atomic mass is 10.2. The molecule has 0 aromatic rings. The summed E-state index contributed by atoms with van der Waals surface area (Å²) < 4.78 is 0. The lowest BCUT2D eigenvalue weighted by Crippen LogP contribution is -2.34. The second-order valence-corrected chi connectivity index (χ2v) is 3.06. The van der Waals surface area contributed by atoms with Gasteiger partial charge in [0.25, 0.3) is 0 Å². The van der Waals surface area contributed by atoms with Gasteiger partial charge in [-0.15, -0.1) is 0 Å². The van der Waals surface area contributed by atoms with Gasteiger partial charge >= 0.3 is 5.97 Å². The van der Waals surface area contributed by atoms with Crippen molar-refractivity contribution in [3.63, 3.8) is 0 Å². The minimum Gasteiger partial charge on any atom is -0.478 e. The molecule has 0 aromatic heterocycles. The molecule has 1 rings (SSSR count). The number of carbonyl (C=O) groups is 2. The number of carboxylic acid groups (broad SMARTS) is 1. The summed E-state index contributed by atoms with van der Waals surface area (Å²) in [5.41, 5.74) is 0.201. The molecule has 0 unspecified atom stereocenters. The molecular weight excluding hydrogens is 184 g/mol. The Kier molecular flexibility index (Phi) is 2.91. The second-order valence-electron chi connectivity index (χ2n) is 3.06. The molecule has 14 heavy (non-hydrogen) atoms. The van der Waals surface area contributed by atoms with Crippen molar-refractivity contribution < 1.29 is 14.7 Å². The third-order valence-corrected chi connectivity index (χ3v) is 1.84. The van der Waals surface area contributed by atoms with E-state index in [9.17, 15) is 9.59 Å². The zero-order valence-electron chi connectivity index (χ0n) is 8.07. The fourth-order valence-electron chi connectivity index (χ4n) is 1.11. The molecule has 0 atom stereocenters. The standard InChI is InChI=1S/C9H12N2O3/c1-6(12)10-8-5-7(9(13)14)3-4-11(8)2/h3,5H,4H2,1-2H3,(H,10,12)(H,13,14). The zero-order valence-corrected chi connectivity index (χ0v) is 8.07. The van der Waals surface area contributed by atoms with Crippen LogP contribution in [-0.4, -0.2) is 35.5 Å². The van der Waals surface area contributed by atoms with Gasteiger partial charge in [0.05, 0.1) is 5.57 Å². The van der Waals surface area contributed by atoms with Gasteiger partial charge in [0, 0.05) is 20.5 Å². The van der Waals surface area contributed by atoms with Gasteiger partial charge in [0.2, 0.25) is 5.91 Å². The van der Waals surface area contributed by atoms with E-state index in [2.05, 4.69) is 5.32 Å². The van der Waals surface area contributed by atoms with Gasteiger partial charge < -0.3 is 15.3 Å². The molecule has 2 N–H and O–H groups in total. The summed E-state index contributed by atoms with van der Waals surface area (Å²) in [6, 6.07) is 0. The quantitative estimate of drug-likeness (QED) is 0.648. The van der Waals surface area contributed by atoms with Crippen molar-refractivity contribution in [3.8, 4) is 0 Å². The Bertz CT molecular complexity index is 331. The van der Waals surface area contributed by atoms with Crippen LogP contribution in [0.1, 0.15) is 6.92 Å². The molecule has 0 spiro atoms. The Labute approximate surface area is 81.7 Å². The van der Waals surface area contributed by atoms with Gasteiger partial charge in [-0.1, -0.05) is 6.08 Å². The largest absolute Gasteiger partial charge is 0.478 e. The van der Waals surface area contributed by atoms with Crippen LogP contribution in [0.25, 0.3) is 0 Å². The lowest BCUT2D eigenvalue weighted by molar-refractivity contribution is -0.132. The van der Waals surface area contributed by atoms with E-state index in [-0.39, 0.29) is 11.5 Å². The van der Waals surface area contributed by atoms with Crippen LogP contribution in [0.15, 0.2) is 23.5 Å². The molecule has 0 radical (unpaired) electrons. The summed E-state index contributed by atoms with van der Waals surface area (Å²) in [6.45, 7) is 1.86. The topological polar surface area (TPSA) is 69.6 Å². The Hall–Kier alpha value is -1.78. The maximum absolute atomic E-state index is 10.8. The van der Waals surface area contributed by atoms with E-state index in [4.69, 9.17) is 5.11 Å². The molecule has 0 saturated carbocycles. The number of carbonyl (C=O) groups excluding carboxylic acids is 1. The number of amides is 1. The number of likely N-dealkylation sites (N-methyl/N-ethyl adjacent to an activating group) is 1. The number of hydrogen-bond donors (Lipinski definition) is 2. The van der Waals surface area contributed by atoms with E-state index in [1.807, 2.05) is 0 Å². The summed E-state index contributed by atoms with van der Waals surface area (Å²) in [5.74, 6) is -0.687. The molecule has 76 valence electrons. The minimum atomic E-state index is -0.985. The summed E-state index contributed by atoms with van der Waals surface area (Å²) in [7, 11) is 1.77. The number of hydrogen-bond acceptors (Lipinski definition) is 3. The smallest absolute Gasteiger partial charge is 0.335 e. The van der Waals surface area contributed by atoms with Crippen LogP contribution in [-0.2, 0) is 9.59 Å². The van der Waals surface area contributed by atoms with E-state index < -0.39 is 5.97 Å². The van der Waals surface area contributed by atoms with Gasteiger partial charge in [-0.3, -0.25) is 4.79 Å². The predicted octanol–water partition coefficient (Wildman–Crippen LogP) is -0.0797. The second kappa shape index (κ2) is 3.95. The molecule has 1 heterocycles. The van der Waals surface area contributed by atoms with Gasteiger partial charge in [-0.25, -0.2) is 4.79 Å². The number of nitrogens with one attached hydrogen (secondary N) is 1. The molecule has 0 aromatic carbocycles. The molecule has 0 bridgehead atoms. The Morgan fingerprint density at radius 1 is 1.57 bits per heavy atom. The molecule has 1 aliphatic heterocycles. The first-order valence-electron chi connectivity index (χ1n) is 4.14. The van der Waals surface area contributed by atoms with Gasteiger partial charge in [-0.05, 0) is 6.08 Å². The molecule has 5 heteroatoms. The van der Waals surface area contributed by atoms with E-state index in [0.29, 0.717) is 12.4 Å². The van der Waals surface area contributed by atoms with Crippen molar-refractivity contribution in [3.05, 3.63) is 23.5 Å². The van der Waals surface area contributed by atoms with Crippen molar-refractivity contribution in [1.82, 2.24) is 10.2 Å². The van der Waals surface area contributed by atoms with Crippen LogP contribution < -0.4 is 5.32 Å². The fourth-order valence-corrected chi connectivity index (χ4v) is 1.11. The highest BCUT2D eigenvalue weighted by Gasteiger charge is 2.14. The van der Waals surface area contributed by atoms with Crippen molar-refractivity contribution in [2.75, 3.05) is 13.6 Å². The van der Waals surface area contributed by atoms with Gasteiger partial charge in [-0.2, -0.15) is 0 Å². The summed E-state index contributed by atoms with van der Waals surface area (Å²) >= 11 is 0. The van der Waals surface area contributed by atoms with E-state index in [0.717, 1.165) is 0 Å². The Balaban J connectivity index is 2.85. The van der Waals surface area contributed by atoms with E-state index in [1.54, 1.807) is 18.0 Å². The highest BCUT2D eigenvalue weighted by Crippen LogP contribution is 2.10. The Morgan fingerprint density at radius 3 is 2.71 bits per heavy atom. The maximum Gasteiger partial charge on any atom is 0.335 e. The normalized spacial score (nSPS) is 15.7. The van der Waals surface area contributed by atoms with E-state index in [1.165, 1.54) is 13.0 Å². The van der Waals surface area contributed by atoms with Crippen molar-refractivity contribution in [2.24, 2.45) is 0 Å². The van der Waals surface area contributed by atoms with Crippen molar-refractivity contribution in [1.29, 1.82) is 0 Å². The highest BCUT2D eigenvalue weighted by atomic mass is 16.4. The summed E-state index contributed by atoms with van der Waals surface area (Å²) in [4.78, 5) is 23.2.